The molecule has 1 aromatic carbocycles. The minimum atomic E-state index is -1.03. The summed E-state index contributed by atoms with van der Waals surface area (Å²) in [4.78, 5) is 37.1. The van der Waals surface area contributed by atoms with Crippen molar-refractivity contribution in [1.29, 1.82) is 0 Å². The minimum absolute atomic E-state index is 0.371. The zero-order chi connectivity index (χ0) is 17.6. The Balaban J connectivity index is 1.65. The maximum absolute atomic E-state index is 12.3. The Morgan fingerprint density at radius 2 is 1.92 bits per heavy atom. The number of urea groups is 1. The Morgan fingerprint density at radius 3 is 2.50 bits per heavy atom. The van der Waals surface area contributed by atoms with Crippen LogP contribution in [0.5, 0.6) is 0 Å². The van der Waals surface area contributed by atoms with Crippen LogP contribution in [0.15, 0.2) is 24.3 Å². The summed E-state index contributed by atoms with van der Waals surface area (Å²) in [6.45, 7) is 3.57. The van der Waals surface area contributed by atoms with E-state index in [2.05, 4.69) is 10.6 Å². The zero-order valence-corrected chi connectivity index (χ0v) is 14.5. The SMILES string of the molecule is CC1(C)S[C@H]2[C@H](NC(=O)Nc3ccc(Cl)cc3)C(=O)N2[C@@H]1C(=O)O. The second kappa shape index (κ2) is 5.86. The van der Waals surface area contributed by atoms with E-state index in [1.807, 2.05) is 0 Å². The van der Waals surface area contributed by atoms with Gasteiger partial charge in [-0.25, -0.2) is 9.59 Å². The van der Waals surface area contributed by atoms with E-state index in [9.17, 15) is 19.5 Å². The first-order valence-electron chi connectivity index (χ1n) is 7.26. The van der Waals surface area contributed by atoms with Crippen LogP contribution in [0.25, 0.3) is 0 Å². The molecule has 7 nitrogen and oxygen atoms in total. The van der Waals surface area contributed by atoms with Crippen LogP contribution in [0.1, 0.15) is 13.8 Å². The number of amides is 3. The summed E-state index contributed by atoms with van der Waals surface area (Å²) in [5.41, 5.74) is 0.545. The highest BCUT2D eigenvalue weighted by Crippen LogP contribution is 2.50. The van der Waals surface area contributed by atoms with E-state index in [4.69, 9.17) is 11.6 Å². The van der Waals surface area contributed by atoms with E-state index in [0.717, 1.165) is 0 Å². The van der Waals surface area contributed by atoms with E-state index >= 15 is 0 Å². The van der Waals surface area contributed by atoms with E-state index in [1.54, 1.807) is 38.1 Å². The highest BCUT2D eigenvalue weighted by molar-refractivity contribution is 8.01. The number of aliphatic carboxylic acids is 1. The maximum Gasteiger partial charge on any atom is 0.327 e. The molecule has 3 atom stereocenters. The molecule has 2 aliphatic heterocycles. The number of fused-ring (bicyclic) bond motifs is 1. The molecule has 2 saturated heterocycles. The number of benzene rings is 1. The fourth-order valence-corrected chi connectivity index (χ4v) is 4.74. The van der Waals surface area contributed by atoms with Crippen molar-refractivity contribution in [3.63, 3.8) is 0 Å². The highest BCUT2D eigenvalue weighted by Gasteiger charge is 2.64. The lowest BCUT2D eigenvalue weighted by atomic mass is 9.96. The summed E-state index contributed by atoms with van der Waals surface area (Å²) < 4.78 is -0.616. The van der Waals surface area contributed by atoms with Crippen LogP contribution in [-0.4, -0.2) is 50.1 Å². The lowest BCUT2D eigenvalue weighted by Gasteiger charge is -2.43. The second-order valence-corrected chi connectivity index (χ2v) is 8.39. The molecule has 3 N–H and O–H groups in total. The predicted molar refractivity (Wildman–Crippen MR) is 91.1 cm³/mol. The van der Waals surface area contributed by atoms with Crippen molar-refractivity contribution in [3.8, 4) is 0 Å². The van der Waals surface area contributed by atoms with Crippen molar-refractivity contribution in [1.82, 2.24) is 10.2 Å². The molecule has 0 spiro atoms. The smallest absolute Gasteiger partial charge is 0.327 e. The molecular weight excluding hydrogens is 354 g/mol. The molecular formula is C15H16ClN3O4S. The molecule has 3 amide bonds. The molecule has 128 valence electrons. The first kappa shape index (κ1) is 16.9. The minimum Gasteiger partial charge on any atom is -0.480 e. The molecule has 3 rings (SSSR count). The van der Waals surface area contributed by atoms with Crippen LogP contribution in [-0.2, 0) is 9.59 Å². The van der Waals surface area contributed by atoms with Crippen molar-refractivity contribution in [2.24, 2.45) is 0 Å². The number of hydrogen-bond donors (Lipinski definition) is 3. The zero-order valence-electron chi connectivity index (χ0n) is 12.9. The van der Waals surface area contributed by atoms with Gasteiger partial charge in [-0.15, -0.1) is 11.8 Å². The van der Waals surface area contributed by atoms with Crippen LogP contribution >= 0.6 is 23.4 Å². The average molecular weight is 370 g/mol. The van der Waals surface area contributed by atoms with E-state index < -0.39 is 28.8 Å². The number of β-lactam (4-membered cyclic amide) rings is 1. The third kappa shape index (κ3) is 2.80. The molecule has 2 aliphatic rings. The van der Waals surface area contributed by atoms with Gasteiger partial charge in [0.15, 0.2) is 0 Å². The lowest BCUT2D eigenvalue weighted by Crippen LogP contribution is -2.70. The van der Waals surface area contributed by atoms with Gasteiger partial charge in [0.1, 0.15) is 17.5 Å². The lowest BCUT2D eigenvalue weighted by molar-refractivity contribution is -0.159. The number of carboxylic acid groups (broad SMARTS) is 1. The van der Waals surface area contributed by atoms with Crippen LogP contribution in [0.3, 0.4) is 0 Å². The molecule has 0 unspecified atom stereocenters. The number of hydrogen-bond acceptors (Lipinski definition) is 4. The van der Waals surface area contributed by atoms with Crippen LogP contribution in [0.4, 0.5) is 10.5 Å². The van der Waals surface area contributed by atoms with Crippen LogP contribution in [0, 0.1) is 0 Å². The number of halogens is 1. The summed E-state index contributed by atoms with van der Waals surface area (Å²) in [6.07, 6.45) is 0. The Bertz CT molecular complexity index is 709. The van der Waals surface area contributed by atoms with Crippen molar-refractivity contribution in [2.75, 3.05) is 5.32 Å². The molecule has 0 aliphatic carbocycles. The van der Waals surface area contributed by atoms with Gasteiger partial charge in [0.25, 0.3) is 0 Å². The van der Waals surface area contributed by atoms with Gasteiger partial charge in [0.2, 0.25) is 5.91 Å². The summed E-state index contributed by atoms with van der Waals surface area (Å²) >= 11 is 7.16. The molecule has 1 aromatic rings. The topological polar surface area (TPSA) is 98.7 Å². The number of nitrogens with one attached hydrogen (secondary N) is 2. The van der Waals surface area contributed by atoms with E-state index in [-0.39, 0.29) is 11.3 Å². The van der Waals surface area contributed by atoms with Crippen molar-refractivity contribution >= 4 is 47.0 Å². The monoisotopic (exact) mass is 369 g/mol. The summed E-state index contributed by atoms with van der Waals surface area (Å²) in [7, 11) is 0. The van der Waals surface area contributed by atoms with Crippen LogP contribution in [0.2, 0.25) is 5.02 Å². The molecule has 0 aromatic heterocycles. The number of carbonyl (C=O) groups is 3. The Hall–Kier alpha value is -1.93. The molecule has 0 saturated carbocycles. The summed E-state index contributed by atoms with van der Waals surface area (Å²) in [5, 5.41) is 14.8. The molecule has 0 radical (unpaired) electrons. The van der Waals surface area contributed by atoms with Gasteiger partial charge < -0.3 is 20.6 Å². The van der Waals surface area contributed by atoms with Crippen molar-refractivity contribution in [2.45, 2.75) is 36.1 Å². The summed E-state index contributed by atoms with van der Waals surface area (Å²) in [5.74, 6) is -1.41. The number of rotatable bonds is 3. The number of thioether (sulfide) groups is 1. The predicted octanol–water partition coefficient (Wildman–Crippen LogP) is 1.98. The molecule has 9 heteroatoms. The molecule has 2 fully saturated rings. The Labute approximate surface area is 147 Å². The average Bonchev–Trinajstić information content (AvgIpc) is 2.76. The molecule has 0 bridgehead atoms. The summed E-state index contributed by atoms with van der Waals surface area (Å²) in [6, 6.07) is 4.42. The number of carboxylic acids is 1. The van der Waals surface area contributed by atoms with Gasteiger partial charge in [-0.3, -0.25) is 4.79 Å². The largest absolute Gasteiger partial charge is 0.480 e. The van der Waals surface area contributed by atoms with Gasteiger partial charge in [-0.1, -0.05) is 11.6 Å². The van der Waals surface area contributed by atoms with Gasteiger partial charge in [-0.2, -0.15) is 0 Å². The third-order valence-electron chi connectivity index (χ3n) is 4.06. The van der Waals surface area contributed by atoms with Crippen molar-refractivity contribution in [3.05, 3.63) is 29.3 Å². The number of nitrogens with zero attached hydrogens (tertiary/aromatic N) is 1. The normalized spacial score (nSPS) is 27.2. The number of anilines is 1. The van der Waals surface area contributed by atoms with Gasteiger partial charge >= 0.3 is 12.0 Å². The molecule has 2 heterocycles. The van der Waals surface area contributed by atoms with Crippen molar-refractivity contribution < 1.29 is 19.5 Å². The Morgan fingerprint density at radius 1 is 1.29 bits per heavy atom. The number of carbonyl (C=O) groups excluding carboxylic acids is 2. The van der Waals surface area contributed by atoms with E-state index in [1.165, 1.54) is 16.7 Å². The third-order valence-corrected chi connectivity index (χ3v) is 5.89. The van der Waals surface area contributed by atoms with Gasteiger partial charge in [0.05, 0.1) is 0 Å². The quantitative estimate of drug-likeness (QED) is 0.707. The molecule has 24 heavy (non-hydrogen) atoms. The second-order valence-electron chi connectivity index (χ2n) is 6.18. The van der Waals surface area contributed by atoms with E-state index in [0.29, 0.717) is 10.7 Å². The Kier molecular flexibility index (Phi) is 4.13. The van der Waals surface area contributed by atoms with Crippen LogP contribution < -0.4 is 10.6 Å². The standard InChI is InChI=1S/C15H16ClN3O4S/c1-15(2)10(13(21)22)19-11(20)9(12(19)24-15)18-14(23)17-8-5-3-7(16)4-6-8/h3-6,9-10,12H,1-2H3,(H,21,22)(H2,17,18,23)/t9-,10-,12+/m1/s1. The fraction of sp³-hybridized carbons (Fsp3) is 0.400. The van der Waals surface area contributed by atoms with Gasteiger partial charge in [0, 0.05) is 15.5 Å². The highest BCUT2D eigenvalue weighted by atomic mass is 35.5. The fourth-order valence-electron chi connectivity index (χ4n) is 2.99. The maximum atomic E-state index is 12.3. The first-order chi connectivity index (χ1) is 11.2. The van der Waals surface area contributed by atoms with Gasteiger partial charge in [-0.05, 0) is 38.1 Å². The first-order valence-corrected chi connectivity index (χ1v) is 8.52.